The van der Waals surface area contributed by atoms with Crippen LogP contribution in [0.5, 0.6) is 0 Å². The fraction of sp³-hybridized carbons (Fsp3) is 0.278. The van der Waals surface area contributed by atoms with Gasteiger partial charge in [-0.1, -0.05) is 30.3 Å². The Labute approximate surface area is 129 Å². The summed E-state index contributed by atoms with van der Waals surface area (Å²) in [6, 6.07) is 14.0. The molecule has 1 aliphatic rings. The number of anilines is 1. The lowest BCUT2D eigenvalue weighted by atomic mass is 9.93. The summed E-state index contributed by atoms with van der Waals surface area (Å²) in [7, 11) is 0. The van der Waals surface area contributed by atoms with E-state index in [1.807, 2.05) is 18.2 Å². The lowest BCUT2D eigenvalue weighted by Crippen LogP contribution is -2.16. The number of Topliss-reactive ketones (excluding diaryl/α,β-unsaturated/α-hetero) is 1. The molecule has 0 unspecified atom stereocenters. The van der Waals surface area contributed by atoms with Crippen molar-refractivity contribution in [2.24, 2.45) is 0 Å². The number of nitriles is 1. The van der Waals surface area contributed by atoms with Gasteiger partial charge in [0, 0.05) is 18.5 Å². The Balaban J connectivity index is 1.76. The third-order valence-corrected chi connectivity index (χ3v) is 3.89. The summed E-state index contributed by atoms with van der Waals surface area (Å²) in [5.41, 5.74) is 3.12. The number of aromatic nitrogens is 1. The maximum atomic E-state index is 11.9. The SMILES string of the molecule is N#Cc1cc2c(nc1NCCc1ccccc1)CCCC2=O. The molecule has 1 N–H and O–H groups in total. The monoisotopic (exact) mass is 291 g/mol. The molecule has 0 bridgehead atoms. The van der Waals surface area contributed by atoms with Crippen molar-refractivity contribution in [3.05, 3.63) is 58.8 Å². The Kier molecular flexibility index (Phi) is 4.15. The molecular formula is C18H17N3O. The molecule has 0 fully saturated rings. The summed E-state index contributed by atoms with van der Waals surface area (Å²) in [5, 5.41) is 12.5. The topological polar surface area (TPSA) is 65.8 Å². The van der Waals surface area contributed by atoms with E-state index in [0.29, 0.717) is 29.9 Å². The van der Waals surface area contributed by atoms with Gasteiger partial charge in [0.2, 0.25) is 0 Å². The molecule has 1 aromatic carbocycles. The Morgan fingerprint density at radius 1 is 1.23 bits per heavy atom. The standard InChI is InChI=1S/C18H17N3O/c19-12-14-11-15-16(7-4-8-17(15)22)21-18(14)20-10-9-13-5-2-1-3-6-13/h1-3,5-6,11H,4,7-10H2,(H,20,21). The molecule has 0 radical (unpaired) electrons. The van der Waals surface area contributed by atoms with Crippen molar-refractivity contribution >= 4 is 11.6 Å². The first-order valence-electron chi connectivity index (χ1n) is 7.53. The minimum absolute atomic E-state index is 0.0982. The number of rotatable bonds is 4. The first-order chi connectivity index (χ1) is 10.8. The van der Waals surface area contributed by atoms with Crippen LogP contribution in [0, 0.1) is 11.3 Å². The van der Waals surface area contributed by atoms with Gasteiger partial charge in [0.1, 0.15) is 11.9 Å². The zero-order valence-electron chi connectivity index (χ0n) is 12.3. The number of hydrogen-bond donors (Lipinski definition) is 1. The summed E-state index contributed by atoms with van der Waals surface area (Å²) in [4.78, 5) is 16.4. The highest BCUT2D eigenvalue weighted by atomic mass is 16.1. The van der Waals surface area contributed by atoms with Crippen LogP contribution in [-0.4, -0.2) is 17.3 Å². The maximum Gasteiger partial charge on any atom is 0.164 e. The number of aryl methyl sites for hydroxylation is 1. The maximum absolute atomic E-state index is 11.9. The van der Waals surface area contributed by atoms with Crippen LogP contribution in [-0.2, 0) is 12.8 Å². The Hall–Kier alpha value is -2.67. The quantitative estimate of drug-likeness (QED) is 0.940. The van der Waals surface area contributed by atoms with E-state index in [4.69, 9.17) is 0 Å². The number of nitrogens with zero attached hydrogens (tertiary/aromatic N) is 2. The number of nitrogens with one attached hydrogen (secondary N) is 1. The second-order valence-corrected chi connectivity index (χ2v) is 5.43. The molecule has 110 valence electrons. The molecule has 2 aromatic rings. The van der Waals surface area contributed by atoms with E-state index in [1.165, 1.54) is 5.56 Å². The second kappa shape index (κ2) is 6.40. The van der Waals surface area contributed by atoms with Gasteiger partial charge in [-0.2, -0.15) is 5.26 Å². The van der Waals surface area contributed by atoms with Gasteiger partial charge in [-0.25, -0.2) is 4.98 Å². The molecule has 0 saturated heterocycles. The number of ketones is 1. The average molecular weight is 291 g/mol. The Morgan fingerprint density at radius 2 is 2.05 bits per heavy atom. The van der Waals surface area contributed by atoms with E-state index >= 15 is 0 Å². The van der Waals surface area contributed by atoms with Gasteiger partial charge >= 0.3 is 0 Å². The molecule has 4 heteroatoms. The summed E-state index contributed by atoms with van der Waals surface area (Å²) in [6.07, 6.45) is 3.07. The van der Waals surface area contributed by atoms with Crippen molar-refractivity contribution in [2.45, 2.75) is 25.7 Å². The molecule has 0 aliphatic heterocycles. The lowest BCUT2D eigenvalue weighted by molar-refractivity contribution is 0.0971. The summed E-state index contributed by atoms with van der Waals surface area (Å²) >= 11 is 0. The first kappa shape index (κ1) is 14.3. The number of carbonyl (C=O) groups is 1. The molecule has 0 amide bonds. The Morgan fingerprint density at radius 3 is 2.82 bits per heavy atom. The van der Waals surface area contributed by atoms with Crippen LogP contribution in [0.2, 0.25) is 0 Å². The highest BCUT2D eigenvalue weighted by molar-refractivity contribution is 5.98. The normalized spacial score (nSPS) is 13.3. The van der Waals surface area contributed by atoms with Gasteiger partial charge in [-0.05, 0) is 30.9 Å². The number of pyridine rings is 1. The van der Waals surface area contributed by atoms with E-state index < -0.39 is 0 Å². The number of benzene rings is 1. The minimum Gasteiger partial charge on any atom is -0.369 e. The molecule has 3 rings (SSSR count). The predicted molar refractivity (Wildman–Crippen MR) is 84.9 cm³/mol. The van der Waals surface area contributed by atoms with Crippen LogP contribution in [0.4, 0.5) is 5.82 Å². The van der Waals surface area contributed by atoms with Crippen molar-refractivity contribution in [2.75, 3.05) is 11.9 Å². The van der Waals surface area contributed by atoms with Crippen LogP contribution in [0.1, 0.15) is 40.0 Å². The van der Waals surface area contributed by atoms with Crippen LogP contribution in [0.25, 0.3) is 0 Å². The van der Waals surface area contributed by atoms with E-state index in [-0.39, 0.29) is 5.78 Å². The van der Waals surface area contributed by atoms with Crippen LogP contribution < -0.4 is 5.32 Å². The second-order valence-electron chi connectivity index (χ2n) is 5.43. The molecule has 1 heterocycles. The minimum atomic E-state index is 0.0982. The highest BCUT2D eigenvalue weighted by Crippen LogP contribution is 2.24. The molecule has 0 saturated carbocycles. The highest BCUT2D eigenvalue weighted by Gasteiger charge is 2.20. The molecule has 1 aromatic heterocycles. The zero-order chi connectivity index (χ0) is 15.4. The van der Waals surface area contributed by atoms with E-state index in [9.17, 15) is 10.1 Å². The van der Waals surface area contributed by atoms with Crippen molar-refractivity contribution in [1.29, 1.82) is 5.26 Å². The van der Waals surface area contributed by atoms with Crippen LogP contribution >= 0.6 is 0 Å². The summed E-state index contributed by atoms with van der Waals surface area (Å²) < 4.78 is 0. The smallest absolute Gasteiger partial charge is 0.164 e. The molecule has 22 heavy (non-hydrogen) atoms. The summed E-state index contributed by atoms with van der Waals surface area (Å²) in [5.74, 6) is 0.688. The van der Waals surface area contributed by atoms with Crippen LogP contribution in [0.15, 0.2) is 36.4 Å². The molecule has 0 atom stereocenters. The molecule has 4 nitrogen and oxygen atoms in total. The van der Waals surface area contributed by atoms with Gasteiger partial charge in [-0.3, -0.25) is 4.79 Å². The largest absolute Gasteiger partial charge is 0.369 e. The third kappa shape index (κ3) is 2.99. The average Bonchev–Trinajstić information content (AvgIpc) is 2.55. The lowest BCUT2D eigenvalue weighted by Gasteiger charge is -2.16. The zero-order valence-corrected chi connectivity index (χ0v) is 12.3. The van der Waals surface area contributed by atoms with Gasteiger partial charge < -0.3 is 5.32 Å². The van der Waals surface area contributed by atoms with E-state index in [2.05, 4.69) is 28.5 Å². The van der Waals surface area contributed by atoms with E-state index in [0.717, 1.165) is 25.0 Å². The van der Waals surface area contributed by atoms with Crippen LogP contribution in [0.3, 0.4) is 0 Å². The predicted octanol–water partition coefficient (Wildman–Crippen LogP) is 3.13. The molecule has 1 aliphatic carbocycles. The number of carbonyl (C=O) groups excluding carboxylic acids is 1. The number of fused-ring (bicyclic) bond motifs is 1. The van der Waals surface area contributed by atoms with Gasteiger partial charge in [0.05, 0.1) is 11.3 Å². The molecule has 0 spiro atoms. The van der Waals surface area contributed by atoms with Crippen molar-refractivity contribution in [3.8, 4) is 6.07 Å². The van der Waals surface area contributed by atoms with Crippen molar-refractivity contribution in [1.82, 2.24) is 4.98 Å². The fourth-order valence-electron chi connectivity index (χ4n) is 2.72. The number of hydrogen-bond acceptors (Lipinski definition) is 4. The summed E-state index contributed by atoms with van der Waals surface area (Å²) in [6.45, 7) is 0.707. The van der Waals surface area contributed by atoms with Gasteiger partial charge in [-0.15, -0.1) is 0 Å². The van der Waals surface area contributed by atoms with Gasteiger partial charge in [0.15, 0.2) is 5.78 Å². The first-order valence-corrected chi connectivity index (χ1v) is 7.53. The Bertz CT molecular complexity index is 732. The van der Waals surface area contributed by atoms with Crippen molar-refractivity contribution < 1.29 is 4.79 Å². The van der Waals surface area contributed by atoms with Crippen molar-refractivity contribution in [3.63, 3.8) is 0 Å². The fourth-order valence-corrected chi connectivity index (χ4v) is 2.72. The molecular weight excluding hydrogens is 274 g/mol. The van der Waals surface area contributed by atoms with Gasteiger partial charge in [0.25, 0.3) is 0 Å². The van der Waals surface area contributed by atoms with E-state index in [1.54, 1.807) is 6.07 Å². The third-order valence-electron chi connectivity index (χ3n) is 3.89.